The Morgan fingerprint density at radius 2 is 1.84 bits per heavy atom. The molecule has 0 radical (unpaired) electrons. The summed E-state index contributed by atoms with van der Waals surface area (Å²) in [6.07, 6.45) is 0. The molecule has 0 aliphatic carbocycles. The number of hydrogen-bond donors (Lipinski definition) is 2. The highest BCUT2D eigenvalue weighted by molar-refractivity contribution is 7.89. The monoisotopic (exact) mass is 362 g/mol. The van der Waals surface area contributed by atoms with Crippen LogP contribution in [-0.4, -0.2) is 27.0 Å². The first-order valence-corrected chi connectivity index (χ1v) is 9.43. The SMILES string of the molecule is CCOc1ccc(S(=O)(=O)N[C@H](C)C(=O)Nc2ccccc2)cc1C. The molecule has 2 rings (SSSR count). The number of ether oxygens (including phenoxy) is 1. The molecule has 25 heavy (non-hydrogen) atoms. The highest BCUT2D eigenvalue weighted by atomic mass is 32.2. The Labute approximate surface area is 148 Å². The van der Waals surface area contributed by atoms with Gasteiger partial charge in [-0.25, -0.2) is 8.42 Å². The zero-order valence-corrected chi connectivity index (χ0v) is 15.3. The van der Waals surface area contributed by atoms with Crippen molar-refractivity contribution in [2.75, 3.05) is 11.9 Å². The van der Waals surface area contributed by atoms with E-state index in [4.69, 9.17) is 4.74 Å². The summed E-state index contributed by atoms with van der Waals surface area (Å²) in [5, 5.41) is 2.67. The van der Waals surface area contributed by atoms with Gasteiger partial charge in [0.2, 0.25) is 15.9 Å². The Kier molecular flexibility index (Phi) is 6.17. The molecule has 0 bridgehead atoms. The van der Waals surface area contributed by atoms with Gasteiger partial charge in [-0.3, -0.25) is 4.79 Å². The third kappa shape index (κ3) is 5.04. The van der Waals surface area contributed by atoms with Crippen molar-refractivity contribution >= 4 is 21.6 Å². The molecule has 7 heteroatoms. The molecule has 2 aromatic rings. The molecule has 0 saturated carbocycles. The molecule has 1 amide bonds. The van der Waals surface area contributed by atoms with Gasteiger partial charge in [0.1, 0.15) is 5.75 Å². The number of amides is 1. The standard InChI is InChI=1S/C18H22N2O4S/c1-4-24-17-11-10-16(12-13(17)2)25(22,23)20-14(3)18(21)19-15-8-6-5-7-9-15/h5-12,14,20H,4H2,1-3H3,(H,19,21)/t14-/m1/s1. The predicted octanol–water partition coefficient (Wildman–Crippen LogP) is 2.70. The van der Waals surface area contributed by atoms with Crippen molar-refractivity contribution in [3.63, 3.8) is 0 Å². The molecule has 0 spiro atoms. The Balaban J connectivity index is 2.09. The Hall–Kier alpha value is -2.38. The second kappa shape index (κ2) is 8.13. The summed E-state index contributed by atoms with van der Waals surface area (Å²) in [4.78, 5) is 12.3. The Morgan fingerprint density at radius 3 is 2.44 bits per heavy atom. The molecule has 6 nitrogen and oxygen atoms in total. The number of para-hydroxylation sites is 1. The molecule has 2 N–H and O–H groups in total. The van der Waals surface area contributed by atoms with Crippen LogP contribution in [0.5, 0.6) is 5.75 Å². The van der Waals surface area contributed by atoms with Crippen molar-refractivity contribution in [3.05, 3.63) is 54.1 Å². The maximum atomic E-state index is 12.5. The highest BCUT2D eigenvalue weighted by Gasteiger charge is 2.22. The summed E-state index contributed by atoms with van der Waals surface area (Å²) in [5.41, 5.74) is 1.32. The number of hydrogen-bond acceptors (Lipinski definition) is 4. The quantitative estimate of drug-likeness (QED) is 0.793. The van der Waals surface area contributed by atoms with E-state index in [1.807, 2.05) is 13.0 Å². The summed E-state index contributed by atoms with van der Waals surface area (Å²) in [5.74, 6) is 0.203. The molecule has 0 aliphatic heterocycles. The maximum Gasteiger partial charge on any atom is 0.242 e. The van der Waals surface area contributed by atoms with E-state index in [2.05, 4.69) is 10.0 Å². The van der Waals surface area contributed by atoms with Gasteiger partial charge in [-0.15, -0.1) is 0 Å². The fourth-order valence-corrected chi connectivity index (χ4v) is 3.52. The van der Waals surface area contributed by atoms with Crippen molar-refractivity contribution in [1.82, 2.24) is 4.72 Å². The van der Waals surface area contributed by atoms with E-state index >= 15 is 0 Å². The van der Waals surface area contributed by atoms with Gasteiger partial charge in [0, 0.05) is 5.69 Å². The van der Waals surface area contributed by atoms with E-state index < -0.39 is 22.0 Å². The average molecular weight is 362 g/mol. The first kappa shape index (κ1) is 19.0. The van der Waals surface area contributed by atoms with E-state index in [0.717, 1.165) is 0 Å². The van der Waals surface area contributed by atoms with Gasteiger partial charge in [-0.2, -0.15) is 4.72 Å². The Morgan fingerprint density at radius 1 is 1.16 bits per heavy atom. The largest absolute Gasteiger partial charge is 0.494 e. The third-order valence-corrected chi connectivity index (χ3v) is 5.06. The number of anilines is 1. The zero-order chi connectivity index (χ0) is 18.4. The van der Waals surface area contributed by atoms with Gasteiger partial charge in [0.15, 0.2) is 0 Å². The number of benzene rings is 2. The predicted molar refractivity (Wildman–Crippen MR) is 97.2 cm³/mol. The van der Waals surface area contributed by atoms with Crippen LogP contribution < -0.4 is 14.8 Å². The van der Waals surface area contributed by atoms with Crippen LogP contribution >= 0.6 is 0 Å². The topological polar surface area (TPSA) is 84.5 Å². The van der Waals surface area contributed by atoms with Crippen LogP contribution in [0.3, 0.4) is 0 Å². The summed E-state index contributed by atoms with van der Waals surface area (Å²) >= 11 is 0. The van der Waals surface area contributed by atoms with Gasteiger partial charge < -0.3 is 10.1 Å². The zero-order valence-electron chi connectivity index (χ0n) is 14.4. The number of aryl methyl sites for hydroxylation is 1. The van der Waals surface area contributed by atoms with Crippen molar-refractivity contribution in [2.24, 2.45) is 0 Å². The first-order chi connectivity index (χ1) is 11.8. The molecule has 0 unspecified atom stereocenters. The normalized spacial score (nSPS) is 12.4. The first-order valence-electron chi connectivity index (χ1n) is 7.95. The van der Waals surface area contributed by atoms with E-state index in [0.29, 0.717) is 23.6 Å². The molecule has 0 fully saturated rings. The average Bonchev–Trinajstić information content (AvgIpc) is 2.57. The lowest BCUT2D eigenvalue weighted by molar-refractivity contribution is -0.117. The van der Waals surface area contributed by atoms with Crippen LogP contribution in [0.4, 0.5) is 5.69 Å². The summed E-state index contributed by atoms with van der Waals surface area (Å²) in [7, 11) is -3.82. The lowest BCUT2D eigenvalue weighted by Crippen LogP contribution is -2.41. The van der Waals surface area contributed by atoms with Crippen molar-refractivity contribution < 1.29 is 17.9 Å². The van der Waals surface area contributed by atoms with Crippen molar-refractivity contribution in [2.45, 2.75) is 31.7 Å². The van der Waals surface area contributed by atoms with Crippen LogP contribution in [0.1, 0.15) is 19.4 Å². The minimum Gasteiger partial charge on any atom is -0.494 e. The fraction of sp³-hybridized carbons (Fsp3) is 0.278. The van der Waals surface area contributed by atoms with Crippen LogP contribution in [0, 0.1) is 6.92 Å². The van der Waals surface area contributed by atoms with Crippen molar-refractivity contribution in [1.29, 1.82) is 0 Å². The molecular weight excluding hydrogens is 340 g/mol. The smallest absolute Gasteiger partial charge is 0.242 e. The van der Waals surface area contributed by atoms with E-state index in [1.54, 1.807) is 37.3 Å². The Bertz CT molecular complexity index is 835. The molecule has 0 heterocycles. The number of carbonyl (C=O) groups excluding carboxylic acids is 1. The summed E-state index contributed by atoms with van der Waals surface area (Å²) < 4.78 is 32.8. The second-order valence-corrected chi connectivity index (χ2v) is 7.27. The molecule has 134 valence electrons. The maximum absolute atomic E-state index is 12.5. The van der Waals surface area contributed by atoms with E-state index in [1.165, 1.54) is 19.1 Å². The van der Waals surface area contributed by atoms with E-state index in [9.17, 15) is 13.2 Å². The van der Waals surface area contributed by atoms with Crippen LogP contribution in [0.2, 0.25) is 0 Å². The van der Waals surface area contributed by atoms with E-state index in [-0.39, 0.29) is 4.90 Å². The minimum absolute atomic E-state index is 0.0906. The van der Waals surface area contributed by atoms with Gasteiger partial charge in [-0.05, 0) is 56.7 Å². The minimum atomic E-state index is -3.82. The number of sulfonamides is 1. The van der Waals surface area contributed by atoms with Gasteiger partial charge in [-0.1, -0.05) is 18.2 Å². The lowest BCUT2D eigenvalue weighted by Gasteiger charge is -2.15. The number of nitrogens with one attached hydrogen (secondary N) is 2. The van der Waals surface area contributed by atoms with Gasteiger partial charge in [0.05, 0.1) is 17.5 Å². The highest BCUT2D eigenvalue weighted by Crippen LogP contribution is 2.22. The molecule has 0 aromatic heterocycles. The fourth-order valence-electron chi connectivity index (χ4n) is 2.23. The third-order valence-electron chi connectivity index (χ3n) is 3.52. The van der Waals surface area contributed by atoms with Crippen LogP contribution in [0.15, 0.2) is 53.4 Å². The van der Waals surface area contributed by atoms with Gasteiger partial charge >= 0.3 is 0 Å². The second-order valence-electron chi connectivity index (χ2n) is 5.56. The molecule has 2 aromatic carbocycles. The van der Waals surface area contributed by atoms with Gasteiger partial charge in [0.25, 0.3) is 0 Å². The molecule has 0 aliphatic rings. The summed E-state index contributed by atoms with van der Waals surface area (Å²) in [6.45, 7) is 5.63. The molecule has 1 atom stereocenters. The number of rotatable bonds is 7. The summed E-state index contributed by atoms with van der Waals surface area (Å²) in [6, 6.07) is 12.5. The lowest BCUT2D eigenvalue weighted by atomic mass is 10.2. The molecular formula is C18H22N2O4S. The molecule has 0 saturated heterocycles. The van der Waals surface area contributed by atoms with Crippen molar-refractivity contribution in [3.8, 4) is 5.75 Å². The number of carbonyl (C=O) groups is 1. The van der Waals surface area contributed by atoms with Crippen LogP contribution in [0.25, 0.3) is 0 Å². The van der Waals surface area contributed by atoms with Crippen LogP contribution in [-0.2, 0) is 14.8 Å².